The molecule has 152 valence electrons. The van der Waals surface area contributed by atoms with Crippen LogP contribution in [0.1, 0.15) is 136 Å². The Bertz CT molecular complexity index is 400. The van der Waals surface area contributed by atoms with Crippen molar-refractivity contribution < 1.29 is 4.42 Å². The lowest BCUT2D eigenvalue weighted by molar-refractivity contribution is 0.382. The molecule has 1 unspecified atom stereocenters. The molecule has 0 aliphatic rings. The third kappa shape index (κ3) is 10.4. The highest BCUT2D eigenvalue weighted by molar-refractivity contribution is 5.09. The van der Waals surface area contributed by atoms with Crippen molar-refractivity contribution in [2.24, 2.45) is 0 Å². The van der Waals surface area contributed by atoms with Gasteiger partial charge in [0.2, 0.25) is 0 Å². The van der Waals surface area contributed by atoms with Gasteiger partial charge in [-0.25, -0.2) is 4.98 Å². The lowest BCUT2D eigenvalue weighted by atomic mass is 9.79. The van der Waals surface area contributed by atoms with E-state index in [0.717, 1.165) is 12.1 Å². The zero-order valence-corrected chi connectivity index (χ0v) is 18.0. The highest BCUT2D eigenvalue weighted by atomic mass is 16.3. The second-order valence-electron chi connectivity index (χ2n) is 8.49. The van der Waals surface area contributed by atoms with Crippen molar-refractivity contribution in [2.75, 3.05) is 0 Å². The van der Waals surface area contributed by atoms with Gasteiger partial charge in [0.25, 0.3) is 0 Å². The summed E-state index contributed by atoms with van der Waals surface area (Å²) in [6, 6.07) is 0. The maximum Gasteiger partial charge on any atom is 0.180 e. The average Bonchev–Trinajstić information content (AvgIpc) is 3.20. The maximum absolute atomic E-state index is 5.18. The summed E-state index contributed by atoms with van der Waals surface area (Å²) < 4.78 is 5.18. The SMILES string of the molecule is CCCCCCCCCCCCCCCCCC(C)(CC)c1cocn1. The van der Waals surface area contributed by atoms with E-state index in [1.165, 1.54) is 103 Å². The quantitative estimate of drug-likeness (QED) is 0.244. The Balaban J connectivity index is 1.86. The Kier molecular flexibility index (Phi) is 13.7. The van der Waals surface area contributed by atoms with Crippen LogP contribution in [-0.4, -0.2) is 4.98 Å². The van der Waals surface area contributed by atoms with E-state index in [1.807, 2.05) is 6.26 Å². The van der Waals surface area contributed by atoms with Crippen LogP contribution in [0.3, 0.4) is 0 Å². The molecule has 0 radical (unpaired) electrons. The number of oxazole rings is 1. The largest absolute Gasteiger partial charge is 0.451 e. The molecule has 0 saturated carbocycles. The van der Waals surface area contributed by atoms with Crippen molar-refractivity contribution in [3.63, 3.8) is 0 Å². The van der Waals surface area contributed by atoms with E-state index < -0.39 is 0 Å². The summed E-state index contributed by atoms with van der Waals surface area (Å²) in [5.41, 5.74) is 1.33. The standard InChI is InChI=1S/C24H45NO/c1-4-6-7-8-9-10-11-12-13-14-15-16-17-18-19-20-24(3,5-2)23-21-26-22-25-23/h21-22H,4-20H2,1-3H3. The van der Waals surface area contributed by atoms with Crippen molar-refractivity contribution in [2.45, 2.75) is 135 Å². The van der Waals surface area contributed by atoms with Gasteiger partial charge >= 0.3 is 0 Å². The summed E-state index contributed by atoms with van der Waals surface area (Å²) in [7, 11) is 0. The Morgan fingerprint density at radius 1 is 0.731 bits per heavy atom. The maximum atomic E-state index is 5.18. The highest BCUT2D eigenvalue weighted by Crippen LogP contribution is 2.32. The van der Waals surface area contributed by atoms with E-state index in [0.29, 0.717) is 0 Å². The van der Waals surface area contributed by atoms with Gasteiger partial charge < -0.3 is 4.42 Å². The van der Waals surface area contributed by atoms with Crippen molar-refractivity contribution in [1.82, 2.24) is 4.98 Å². The first-order chi connectivity index (χ1) is 12.7. The lowest BCUT2D eigenvalue weighted by Gasteiger charge is -2.25. The van der Waals surface area contributed by atoms with Crippen LogP contribution in [0, 0.1) is 0 Å². The molecular weight excluding hydrogens is 318 g/mol. The van der Waals surface area contributed by atoms with Crippen molar-refractivity contribution in [3.05, 3.63) is 18.4 Å². The molecule has 1 aromatic rings. The van der Waals surface area contributed by atoms with Gasteiger partial charge in [0.1, 0.15) is 6.26 Å². The van der Waals surface area contributed by atoms with Gasteiger partial charge in [-0.2, -0.15) is 0 Å². The lowest BCUT2D eigenvalue weighted by Crippen LogP contribution is -2.21. The third-order valence-corrected chi connectivity index (χ3v) is 6.16. The van der Waals surface area contributed by atoms with Gasteiger partial charge in [-0.1, -0.05) is 117 Å². The molecule has 2 heteroatoms. The smallest absolute Gasteiger partial charge is 0.180 e. The topological polar surface area (TPSA) is 26.0 Å². The Morgan fingerprint density at radius 3 is 1.58 bits per heavy atom. The first-order valence-electron chi connectivity index (χ1n) is 11.6. The molecule has 0 bridgehead atoms. The minimum absolute atomic E-state index is 0.198. The molecule has 0 fully saturated rings. The van der Waals surface area contributed by atoms with E-state index in [9.17, 15) is 0 Å². The summed E-state index contributed by atoms with van der Waals surface area (Å²) in [6.07, 6.45) is 27.1. The van der Waals surface area contributed by atoms with Crippen molar-refractivity contribution >= 4 is 0 Å². The van der Waals surface area contributed by atoms with Crippen LogP contribution in [0.25, 0.3) is 0 Å². The van der Waals surface area contributed by atoms with Crippen LogP contribution in [0.4, 0.5) is 0 Å². The third-order valence-electron chi connectivity index (χ3n) is 6.16. The van der Waals surface area contributed by atoms with Crippen LogP contribution < -0.4 is 0 Å². The van der Waals surface area contributed by atoms with Crippen LogP contribution in [0.15, 0.2) is 17.1 Å². The van der Waals surface area contributed by atoms with Crippen molar-refractivity contribution in [3.8, 4) is 0 Å². The molecule has 2 nitrogen and oxygen atoms in total. The number of aromatic nitrogens is 1. The monoisotopic (exact) mass is 363 g/mol. The Morgan fingerprint density at radius 2 is 1.19 bits per heavy atom. The molecular formula is C24H45NO. The summed E-state index contributed by atoms with van der Waals surface area (Å²) in [5, 5.41) is 0. The van der Waals surface area contributed by atoms with E-state index in [4.69, 9.17) is 4.42 Å². The number of nitrogens with zero attached hydrogens (tertiary/aromatic N) is 1. The van der Waals surface area contributed by atoms with Gasteiger partial charge in [0, 0.05) is 5.41 Å². The number of unbranched alkanes of at least 4 members (excludes halogenated alkanes) is 14. The number of rotatable bonds is 18. The van der Waals surface area contributed by atoms with E-state index in [1.54, 1.807) is 6.39 Å². The fourth-order valence-corrected chi connectivity index (χ4v) is 3.88. The molecule has 0 amide bonds. The average molecular weight is 364 g/mol. The number of hydrogen-bond donors (Lipinski definition) is 0. The summed E-state index contributed by atoms with van der Waals surface area (Å²) in [6.45, 7) is 6.88. The zero-order valence-electron chi connectivity index (χ0n) is 18.0. The van der Waals surface area contributed by atoms with E-state index >= 15 is 0 Å². The summed E-state index contributed by atoms with van der Waals surface area (Å²) >= 11 is 0. The molecule has 26 heavy (non-hydrogen) atoms. The molecule has 1 heterocycles. The van der Waals surface area contributed by atoms with Crippen LogP contribution in [0.5, 0.6) is 0 Å². The molecule has 0 N–H and O–H groups in total. The minimum atomic E-state index is 0.198. The first-order valence-corrected chi connectivity index (χ1v) is 11.6. The molecule has 1 aromatic heterocycles. The van der Waals surface area contributed by atoms with Crippen LogP contribution in [-0.2, 0) is 5.41 Å². The predicted octanol–water partition coefficient (Wildman–Crippen LogP) is 8.60. The Labute approximate surface area is 163 Å². The van der Waals surface area contributed by atoms with Gasteiger partial charge in [-0.15, -0.1) is 0 Å². The molecule has 0 aliphatic carbocycles. The molecule has 0 aromatic carbocycles. The predicted molar refractivity (Wildman–Crippen MR) is 114 cm³/mol. The second kappa shape index (κ2) is 15.3. The van der Waals surface area contributed by atoms with Crippen LogP contribution in [0.2, 0.25) is 0 Å². The van der Waals surface area contributed by atoms with Crippen molar-refractivity contribution in [1.29, 1.82) is 0 Å². The Hall–Kier alpha value is -0.790. The second-order valence-corrected chi connectivity index (χ2v) is 8.49. The fraction of sp³-hybridized carbons (Fsp3) is 0.875. The van der Waals surface area contributed by atoms with Gasteiger partial charge in [0.15, 0.2) is 6.39 Å². The molecule has 0 saturated heterocycles. The summed E-state index contributed by atoms with van der Waals surface area (Å²) in [4.78, 5) is 4.38. The molecule has 0 aliphatic heterocycles. The van der Waals surface area contributed by atoms with Crippen LogP contribution >= 0.6 is 0 Å². The summed E-state index contributed by atoms with van der Waals surface area (Å²) in [5.74, 6) is 0. The van der Waals surface area contributed by atoms with Gasteiger partial charge in [-0.05, 0) is 12.8 Å². The van der Waals surface area contributed by atoms with Gasteiger partial charge in [-0.3, -0.25) is 0 Å². The minimum Gasteiger partial charge on any atom is -0.451 e. The highest BCUT2D eigenvalue weighted by Gasteiger charge is 2.26. The van der Waals surface area contributed by atoms with Gasteiger partial charge in [0.05, 0.1) is 5.69 Å². The zero-order chi connectivity index (χ0) is 18.9. The van der Waals surface area contributed by atoms with E-state index in [2.05, 4.69) is 25.8 Å². The molecule has 1 rings (SSSR count). The first kappa shape index (κ1) is 23.2. The fourth-order valence-electron chi connectivity index (χ4n) is 3.88. The number of hydrogen-bond acceptors (Lipinski definition) is 2. The molecule has 1 atom stereocenters. The normalized spacial score (nSPS) is 13.8. The molecule has 0 spiro atoms. The van der Waals surface area contributed by atoms with E-state index in [-0.39, 0.29) is 5.41 Å².